The molecule has 1 aromatic rings. The highest BCUT2D eigenvalue weighted by molar-refractivity contribution is 6.17. The van der Waals surface area contributed by atoms with Crippen molar-refractivity contribution in [1.29, 1.82) is 0 Å². The van der Waals surface area contributed by atoms with Crippen molar-refractivity contribution in [3.05, 3.63) is 28.8 Å². The fourth-order valence-electron chi connectivity index (χ4n) is 1.80. The lowest BCUT2D eigenvalue weighted by molar-refractivity contribution is 0.440. The minimum atomic E-state index is -0.0772. The molecule has 1 nitrogen and oxygen atoms in total. The van der Waals surface area contributed by atoms with Crippen LogP contribution in [0.4, 0.5) is 0 Å². The van der Waals surface area contributed by atoms with Crippen molar-refractivity contribution in [2.75, 3.05) is 0 Å². The fourth-order valence-corrected chi connectivity index (χ4v) is 2.00. The van der Waals surface area contributed by atoms with Crippen molar-refractivity contribution < 1.29 is 5.11 Å². The second kappa shape index (κ2) is 4.53. The van der Waals surface area contributed by atoms with Gasteiger partial charge in [0.05, 0.1) is 5.88 Å². The molecule has 0 atom stereocenters. The second-order valence-electron chi connectivity index (χ2n) is 6.67. The zero-order valence-electron chi connectivity index (χ0n) is 11.7. The number of rotatable bonds is 1. The van der Waals surface area contributed by atoms with Crippen LogP contribution in [0.1, 0.15) is 58.2 Å². The van der Waals surface area contributed by atoms with Crippen LogP contribution in [0, 0.1) is 0 Å². The van der Waals surface area contributed by atoms with Crippen molar-refractivity contribution in [2.45, 2.75) is 58.3 Å². The van der Waals surface area contributed by atoms with Gasteiger partial charge < -0.3 is 5.11 Å². The molecule has 0 radical (unpaired) electrons. The molecule has 0 fully saturated rings. The molecule has 1 aromatic carbocycles. The minimum Gasteiger partial charge on any atom is -0.507 e. The van der Waals surface area contributed by atoms with Crippen LogP contribution < -0.4 is 0 Å². The first kappa shape index (κ1) is 14.4. The summed E-state index contributed by atoms with van der Waals surface area (Å²) in [5.41, 5.74) is 3.00. The van der Waals surface area contributed by atoms with E-state index in [0.717, 1.165) is 11.1 Å². The van der Waals surface area contributed by atoms with Crippen molar-refractivity contribution in [3.8, 4) is 5.75 Å². The third kappa shape index (κ3) is 3.16. The van der Waals surface area contributed by atoms with Gasteiger partial charge in [-0.25, -0.2) is 0 Å². The Morgan fingerprint density at radius 2 is 1.53 bits per heavy atom. The topological polar surface area (TPSA) is 20.2 Å². The number of aromatic hydroxyl groups is 1. The smallest absolute Gasteiger partial charge is 0.123 e. The first-order valence-electron chi connectivity index (χ1n) is 6.00. The maximum absolute atomic E-state index is 10.2. The Bertz CT molecular complexity index is 408. The normalized spacial score (nSPS) is 12.9. The van der Waals surface area contributed by atoms with E-state index in [2.05, 4.69) is 47.6 Å². The van der Waals surface area contributed by atoms with E-state index in [4.69, 9.17) is 11.6 Å². The van der Waals surface area contributed by atoms with Gasteiger partial charge in [-0.1, -0.05) is 53.7 Å². The standard InChI is InChI=1S/C15H23ClO/c1-14(2,3)11-7-10(9-16)13(17)12(8-11)15(4,5)6/h7-8,17H,9H2,1-6H3. The molecule has 96 valence electrons. The molecule has 0 heterocycles. The van der Waals surface area contributed by atoms with E-state index in [9.17, 15) is 5.11 Å². The lowest BCUT2D eigenvalue weighted by atomic mass is 9.79. The minimum absolute atomic E-state index is 0.0640. The molecule has 0 saturated carbocycles. The van der Waals surface area contributed by atoms with Gasteiger partial charge in [-0.3, -0.25) is 0 Å². The Morgan fingerprint density at radius 3 is 1.88 bits per heavy atom. The average molecular weight is 255 g/mol. The monoisotopic (exact) mass is 254 g/mol. The van der Waals surface area contributed by atoms with E-state index in [0.29, 0.717) is 11.6 Å². The van der Waals surface area contributed by atoms with E-state index in [-0.39, 0.29) is 10.8 Å². The van der Waals surface area contributed by atoms with Crippen LogP contribution >= 0.6 is 11.6 Å². The Hall–Kier alpha value is -0.690. The maximum atomic E-state index is 10.2. The van der Waals surface area contributed by atoms with E-state index < -0.39 is 0 Å². The zero-order valence-corrected chi connectivity index (χ0v) is 12.4. The van der Waals surface area contributed by atoms with Gasteiger partial charge in [-0.2, -0.15) is 0 Å². The summed E-state index contributed by atoms with van der Waals surface area (Å²) in [4.78, 5) is 0. The highest BCUT2D eigenvalue weighted by Gasteiger charge is 2.24. The van der Waals surface area contributed by atoms with E-state index in [1.807, 2.05) is 6.07 Å². The molecule has 1 N–H and O–H groups in total. The van der Waals surface area contributed by atoms with Crippen molar-refractivity contribution in [2.24, 2.45) is 0 Å². The average Bonchev–Trinajstić information content (AvgIpc) is 2.14. The summed E-state index contributed by atoms with van der Waals surface area (Å²) < 4.78 is 0. The number of hydrogen-bond acceptors (Lipinski definition) is 1. The van der Waals surface area contributed by atoms with Gasteiger partial charge in [0.15, 0.2) is 0 Å². The SMILES string of the molecule is CC(C)(C)c1cc(CCl)c(O)c(C(C)(C)C)c1. The molecule has 0 aliphatic carbocycles. The molecule has 0 amide bonds. The summed E-state index contributed by atoms with van der Waals surface area (Å²) in [6.45, 7) is 12.8. The number of alkyl halides is 1. The molecule has 17 heavy (non-hydrogen) atoms. The molecule has 1 rings (SSSR count). The highest BCUT2D eigenvalue weighted by atomic mass is 35.5. The van der Waals surface area contributed by atoms with Gasteiger partial charge in [-0.15, -0.1) is 11.6 Å². The molecule has 0 bridgehead atoms. The van der Waals surface area contributed by atoms with Gasteiger partial charge in [0.25, 0.3) is 0 Å². The Morgan fingerprint density at radius 1 is 1.00 bits per heavy atom. The summed E-state index contributed by atoms with van der Waals surface area (Å²) in [5.74, 6) is 0.694. The lowest BCUT2D eigenvalue weighted by Crippen LogP contribution is -2.17. The number of benzene rings is 1. The summed E-state index contributed by atoms with van der Waals surface area (Å²) in [7, 11) is 0. The number of phenols is 1. The molecule has 0 saturated heterocycles. The van der Waals surface area contributed by atoms with Crippen LogP contribution in [0.5, 0.6) is 5.75 Å². The largest absolute Gasteiger partial charge is 0.507 e. The first-order chi connectivity index (χ1) is 7.57. The Kier molecular flexibility index (Phi) is 3.83. The van der Waals surface area contributed by atoms with Gasteiger partial charge in [0, 0.05) is 5.56 Å². The van der Waals surface area contributed by atoms with E-state index in [1.54, 1.807) is 0 Å². The summed E-state index contributed by atoms with van der Waals surface area (Å²) in [6, 6.07) is 4.11. The van der Waals surface area contributed by atoms with E-state index >= 15 is 0 Å². The van der Waals surface area contributed by atoms with Gasteiger partial charge in [0.1, 0.15) is 5.75 Å². The van der Waals surface area contributed by atoms with Crippen LogP contribution in [0.15, 0.2) is 12.1 Å². The summed E-state index contributed by atoms with van der Waals surface area (Å²) >= 11 is 5.92. The second-order valence-corrected chi connectivity index (χ2v) is 6.93. The first-order valence-corrected chi connectivity index (χ1v) is 6.53. The molecule has 0 aliphatic heterocycles. The summed E-state index contributed by atoms with van der Waals surface area (Å²) in [5, 5.41) is 10.2. The van der Waals surface area contributed by atoms with Crippen molar-refractivity contribution in [1.82, 2.24) is 0 Å². The molecule has 0 aliphatic rings. The molecule has 2 heteroatoms. The van der Waals surface area contributed by atoms with Gasteiger partial charge >= 0.3 is 0 Å². The Balaban J connectivity index is 3.50. The molecule has 0 unspecified atom stereocenters. The third-order valence-corrected chi connectivity index (χ3v) is 3.29. The van der Waals surface area contributed by atoms with Gasteiger partial charge in [-0.05, 0) is 22.0 Å². The maximum Gasteiger partial charge on any atom is 0.123 e. The predicted octanol–water partition coefficient (Wildman–Crippen LogP) is 4.73. The predicted molar refractivity (Wildman–Crippen MR) is 75.1 cm³/mol. The van der Waals surface area contributed by atoms with Crippen LogP contribution in [0.25, 0.3) is 0 Å². The Labute approximate surface area is 110 Å². The van der Waals surface area contributed by atoms with Crippen LogP contribution in [-0.2, 0) is 16.7 Å². The van der Waals surface area contributed by atoms with Crippen molar-refractivity contribution in [3.63, 3.8) is 0 Å². The molecule has 0 aromatic heterocycles. The fraction of sp³-hybridized carbons (Fsp3) is 0.600. The summed E-state index contributed by atoms with van der Waals surface area (Å²) in [6.07, 6.45) is 0. The molecular weight excluding hydrogens is 232 g/mol. The lowest BCUT2D eigenvalue weighted by Gasteiger charge is -2.27. The zero-order chi connectivity index (χ0) is 13.4. The van der Waals surface area contributed by atoms with Crippen molar-refractivity contribution >= 4 is 11.6 Å². The van der Waals surface area contributed by atoms with E-state index in [1.165, 1.54) is 5.56 Å². The van der Waals surface area contributed by atoms with Gasteiger partial charge in [0.2, 0.25) is 0 Å². The number of phenolic OH excluding ortho intramolecular Hbond substituents is 1. The van der Waals surface area contributed by atoms with Crippen LogP contribution in [0.3, 0.4) is 0 Å². The molecular formula is C15H23ClO. The number of hydrogen-bond donors (Lipinski definition) is 1. The molecule has 0 spiro atoms. The third-order valence-electron chi connectivity index (χ3n) is 3.01. The highest BCUT2D eigenvalue weighted by Crippen LogP contribution is 2.38. The van der Waals surface area contributed by atoms with Crippen LogP contribution in [0.2, 0.25) is 0 Å². The van der Waals surface area contributed by atoms with Crippen LogP contribution in [-0.4, -0.2) is 5.11 Å². The number of halogens is 1. The quantitative estimate of drug-likeness (QED) is 0.719.